The Labute approximate surface area is 74.6 Å². The van der Waals surface area contributed by atoms with Gasteiger partial charge in [0, 0.05) is 6.20 Å². The lowest BCUT2D eigenvalue weighted by Gasteiger charge is -2.05. The van der Waals surface area contributed by atoms with Crippen molar-refractivity contribution in [1.82, 2.24) is 4.98 Å². The van der Waals surface area contributed by atoms with Crippen LogP contribution >= 0.6 is 0 Å². The van der Waals surface area contributed by atoms with Crippen LogP contribution in [0.15, 0.2) is 18.3 Å². The fourth-order valence-corrected chi connectivity index (χ4v) is 1.39. The third-order valence-electron chi connectivity index (χ3n) is 2.44. The minimum atomic E-state index is -1.12. The predicted molar refractivity (Wildman–Crippen MR) is 44.4 cm³/mol. The van der Waals surface area contributed by atoms with Crippen LogP contribution in [0.2, 0.25) is 0 Å². The van der Waals surface area contributed by atoms with Crippen molar-refractivity contribution in [3.8, 4) is 0 Å². The van der Waals surface area contributed by atoms with Crippen LogP contribution in [0, 0.1) is 5.41 Å². The van der Waals surface area contributed by atoms with Gasteiger partial charge in [0.2, 0.25) is 0 Å². The summed E-state index contributed by atoms with van der Waals surface area (Å²) in [6.45, 7) is 0. The fourth-order valence-electron chi connectivity index (χ4n) is 1.39. The van der Waals surface area contributed by atoms with Gasteiger partial charge in [0.15, 0.2) is 5.78 Å². The number of aromatic amines is 1. The minimum absolute atomic E-state index is 0.301. The van der Waals surface area contributed by atoms with E-state index in [0.717, 1.165) is 0 Å². The second kappa shape index (κ2) is 2.45. The third kappa shape index (κ3) is 1.06. The molecule has 1 aliphatic rings. The molecule has 2 N–H and O–H groups in total. The van der Waals surface area contributed by atoms with Gasteiger partial charge < -0.3 is 10.1 Å². The second-order valence-electron chi connectivity index (χ2n) is 3.30. The minimum Gasteiger partial charge on any atom is -0.480 e. The number of carbonyl (C=O) groups excluding carboxylic acids is 1. The summed E-state index contributed by atoms with van der Waals surface area (Å²) in [6.07, 6.45) is 2.53. The highest BCUT2D eigenvalue weighted by atomic mass is 16.4. The SMILES string of the molecule is O=C(O)C1(C(=O)c2ccc[nH]2)CC1. The molecule has 2 rings (SSSR count). The molecule has 0 unspecified atom stereocenters. The van der Waals surface area contributed by atoms with Gasteiger partial charge in [-0.1, -0.05) is 0 Å². The molecule has 0 atom stereocenters. The maximum absolute atomic E-state index is 11.6. The first-order valence-electron chi connectivity index (χ1n) is 4.08. The van der Waals surface area contributed by atoms with Crippen LogP contribution in [-0.2, 0) is 4.79 Å². The standard InChI is InChI=1S/C9H9NO3/c11-7(6-2-1-5-10-6)9(3-4-9)8(12)13/h1-2,5,10H,3-4H2,(H,12,13). The Balaban J connectivity index is 2.28. The first kappa shape index (κ1) is 8.04. The van der Waals surface area contributed by atoms with Gasteiger partial charge in [-0.3, -0.25) is 9.59 Å². The van der Waals surface area contributed by atoms with Crippen molar-refractivity contribution in [3.63, 3.8) is 0 Å². The van der Waals surface area contributed by atoms with Gasteiger partial charge in [-0.25, -0.2) is 0 Å². The molecule has 1 fully saturated rings. The second-order valence-corrected chi connectivity index (χ2v) is 3.30. The highest BCUT2D eigenvalue weighted by Crippen LogP contribution is 2.48. The number of carboxylic acid groups (broad SMARTS) is 1. The first-order chi connectivity index (χ1) is 6.17. The normalized spacial score (nSPS) is 18.2. The summed E-state index contributed by atoms with van der Waals surface area (Å²) in [5.74, 6) is -1.31. The van der Waals surface area contributed by atoms with Crippen LogP contribution in [0.25, 0.3) is 0 Å². The summed E-state index contributed by atoms with van der Waals surface area (Å²) in [5, 5.41) is 8.84. The van der Waals surface area contributed by atoms with Crippen LogP contribution in [0.4, 0.5) is 0 Å². The van der Waals surface area contributed by atoms with E-state index in [4.69, 9.17) is 5.11 Å². The summed E-state index contributed by atoms with van der Waals surface area (Å²) in [7, 11) is 0. The molecule has 1 saturated carbocycles. The molecule has 1 aromatic heterocycles. The smallest absolute Gasteiger partial charge is 0.317 e. The molecule has 1 heterocycles. The highest BCUT2D eigenvalue weighted by Gasteiger charge is 2.57. The van der Waals surface area contributed by atoms with Gasteiger partial charge in [-0.2, -0.15) is 0 Å². The Morgan fingerprint density at radius 1 is 1.46 bits per heavy atom. The van der Waals surface area contributed by atoms with Gasteiger partial charge >= 0.3 is 5.97 Å². The number of rotatable bonds is 3. The Bertz CT molecular complexity index is 349. The molecular weight excluding hydrogens is 170 g/mol. The number of carbonyl (C=O) groups is 2. The van der Waals surface area contributed by atoms with E-state index < -0.39 is 11.4 Å². The zero-order valence-electron chi connectivity index (χ0n) is 6.91. The lowest BCUT2D eigenvalue weighted by molar-refractivity contribution is -0.141. The lowest BCUT2D eigenvalue weighted by Crippen LogP contribution is -2.25. The van der Waals surface area contributed by atoms with Gasteiger partial charge in [0.1, 0.15) is 5.41 Å². The first-order valence-corrected chi connectivity index (χ1v) is 4.08. The van der Waals surface area contributed by atoms with Crippen molar-refractivity contribution in [3.05, 3.63) is 24.0 Å². The third-order valence-corrected chi connectivity index (χ3v) is 2.44. The summed E-state index contributed by atoms with van der Waals surface area (Å²) in [6, 6.07) is 3.29. The number of ketones is 1. The average Bonchev–Trinajstić information content (AvgIpc) is 2.74. The van der Waals surface area contributed by atoms with E-state index in [1.165, 1.54) is 0 Å². The largest absolute Gasteiger partial charge is 0.480 e. The fraction of sp³-hybridized carbons (Fsp3) is 0.333. The van der Waals surface area contributed by atoms with Crippen LogP contribution in [0.3, 0.4) is 0 Å². The molecule has 0 amide bonds. The van der Waals surface area contributed by atoms with E-state index in [2.05, 4.69) is 4.98 Å². The summed E-state index contributed by atoms with van der Waals surface area (Å²) < 4.78 is 0. The molecule has 13 heavy (non-hydrogen) atoms. The van der Waals surface area contributed by atoms with Crippen molar-refractivity contribution < 1.29 is 14.7 Å². The summed E-state index contributed by atoms with van der Waals surface area (Å²) in [5.41, 5.74) is -0.731. The molecular formula is C9H9NO3. The maximum Gasteiger partial charge on any atom is 0.317 e. The van der Waals surface area contributed by atoms with Gasteiger partial charge in [0.05, 0.1) is 5.69 Å². The number of hydrogen-bond donors (Lipinski definition) is 2. The molecule has 68 valence electrons. The van der Waals surface area contributed by atoms with Gasteiger partial charge in [-0.05, 0) is 25.0 Å². The van der Waals surface area contributed by atoms with E-state index in [1.54, 1.807) is 18.3 Å². The monoisotopic (exact) mass is 179 g/mol. The predicted octanol–water partition coefficient (Wildman–Crippen LogP) is 1.06. The molecule has 4 heteroatoms. The molecule has 0 bridgehead atoms. The molecule has 0 aliphatic heterocycles. The quantitative estimate of drug-likeness (QED) is 0.538. The van der Waals surface area contributed by atoms with E-state index in [9.17, 15) is 9.59 Å². The van der Waals surface area contributed by atoms with E-state index >= 15 is 0 Å². The number of Topliss-reactive ketones (excluding diaryl/α,β-unsaturated/α-hetero) is 1. The van der Waals surface area contributed by atoms with Crippen molar-refractivity contribution >= 4 is 11.8 Å². The van der Waals surface area contributed by atoms with Crippen LogP contribution < -0.4 is 0 Å². The van der Waals surface area contributed by atoms with Crippen molar-refractivity contribution in [2.24, 2.45) is 5.41 Å². The van der Waals surface area contributed by atoms with E-state index in [0.29, 0.717) is 18.5 Å². The Kier molecular flexibility index (Phi) is 1.52. The number of aliphatic carboxylic acids is 1. The number of carboxylic acids is 1. The van der Waals surface area contributed by atoms with Crippen LogP contribution in [0.5, 0.6) is 0 Å². The molecule has 1 aromatic rings. The summed E-state index contributed by atoms with van der Waals surface area (Å²) in [4.78, 5) is 25.1. The van der Waals surface area contributed by atoms with E-state index in [1.807, 2.05) is 0 Å². The molecule has 1 aliphatic carbocycles. The van der Waals surface area contributed by atoms with Crippen LogP contribution in [0.1, 0.15) is 23.3 Å². The van der Waals surface area contributed by atoms with Gasteiger partial charge in [-0.15, -0.1) is 0 Å². The molecule has 4 nitrogen and oxygen atoms in total. The topological polar surface area (TPSA) is 70.2 Å². The Hall–Kier alpha value is -1.58. The van der Waals surface area contributed by atoms with Gasteiger partial charge in [0.25, 0.3) is 0 Å². The summed E-state index contributed by atoms with van der Waals surface area (Å²) >= 11 is 0. The number of hydrogen-bond acceptors (Lipinski definition) is 2. The zero-order valence-corrected chi connectivity index (χ0v) is 6.91. The lowest BCUT2D eigenvalue weighted by atomic mass is 9.99. The van der Waals surface area contributed by atoms with Crippen molar-refractivity contribution in [1.29, 1.82) is 0 Å². The van der Waals surface area contributed by atoms with Crippen LogP contribution in [-0.4, -0.2) is 21.8 Å². The molecule has 0 radical (unpaired) electrons. The average molecular weight is 179 g/mol. The van der Waals surface area contributed by atoms with Crippen molar-refractivity contribution in [2.45, 2.75) is 12.8 Å². The number of nitrogens with one attached hydrogen (secondary N) is 1. The highest BCUT2D eigenvalue weighted by molar-refractivity contribution is 6.13. The Morgan fingerprint density at radius 2 is 2.15 bits per heavy atom. The molecule has 0 aromatic carbocycles. The van der Waals surface area contributed by atoms with Crippen molar-refractivity contribution in [2.75, 3.05) is 0 Å². The number of H-pyrrole nitrogens is 1. The maximum atomic E-state index is 11.6. The number of aromatic nitrogens is 1. The Morgan fingerprint density at radius 3 is 2.54 bits per heavy atom. The molecule has 0 spiro atoms. The zero-order chi connectivity index (χ0) is 9.47. The van der Waals surface area contributed by atoms with E-state index in [-0.39, 0.29) is 5.78 Å². The molecule has 0 saturated heterocycles.